The topological polar surface area (TPSA) is 32.3 Å². The number of carbonyl (C=O) groups excluding carboxylic acids is 1. The highest BCUT2D eigenvalue weighted by Crippen LogP contribution is 2.61. The molecule has 0 radical (unpaired) electrons. The van der Waals surface area contributed by atoms with Crippen LogP contribution in [0.3, 0.4) is 0 Å². The summed E-state index contributed by atoms with van der Waals surface area (Å²) in [5.74, 6) is 1.98. The minimum atomic E-state index is 0.121. The number of hydrogen-bond acceptors (Lipinski definition) is 2. The molecule has 1 aliphatic heterocycles. The van der Waals surface area contributed by atoms with Crippen molar-refractivity contribution in [3.8, 4) is 0 Å². The molecule has 1 saturated heterocycles. The second-order valence-corrected chi connectivity index (χ2v) is 5.74. The zero-order valence-electron chi connectivity index (χ0n) is 10.2. The van der Waals surface area contributed by atoms with Crippen molar-refractivity contribution in [1.29, 1.82) is 0 Å². The number of piperidine rings is 1. The van der Waals surface area contributed by atoms with Gasteiger partial charge in [-0.2, -0.15) is 0 Å². The van der Waals surface area contributed by atoms with Crippen LogP contribution in [0.2, 0.25) is 0 Å². The van der Waals surface area contributed by atoms with Gasteiger partial charge in [-0.25, -0.2) is 0 Å². The van der Waals surface area contributed by atoms with Crippen LogP contribution in [0.25, 0.3) is 0 Å². The van der Waals surface area contributed by atoms with E-state index in [-0.39, 0.29) is 5.92 Å². The molecule has 2 aliphatic rings. The first-order valence-corrected chi connectivity index (χ1v) is 5.92. The molecule has 3 heteroatoms. The highest BCUT2D eigenvalue weighted by Gasteiger charge is 2.62. The molecule has 0 spiro atoms. The summed E-state index contributed by atoms with van der Waals surface area (Å²) in [7, 11) is 1.90. The van der Waals surface area contributed by atoms with Gasteiger partial charge in [-0.1, -0.05) is 20.8 Å². The molecule has 1 heterocycles. The summed E-state index contributed by atoms with van der Waals surface area (Å²) in [5, 5.41) is 3.06. The predicted molar refractivity (Wildman–Crippen MR) is 60.4 cm³/mol. The van der Waals surface area contributed by atoms with Crippen molar-refractivity contribution >= 4 is 5.91 Å². The fraction of sp³-hybridized carbons (Fsp3) is 0.917. The summed E-state index contributed by atoms with van der Waals surface area (Å²) in [5.41, 5.74) is 0.503. The molecule has 1 aliphatic carbocycles. The Kier molecular flexibility index (Phi) is 2.53. The predicted octanol–water partition coefficient (Wildman–Crippen LogP) is 0.956. The first-order valence-electron chi connectivity index (χ1n) is 5.92. The van der Waals surface area contributed by atoms with Crippen LogP contribution in [-0.4, -0.2) is 37.5 Å². The molecule has 3 atom stereocenters. The van der Waals surface area contributed by atoms with E-state index in [1.54, 1.807) is 0 Å². The Morgan fingerprint density at radius 3 is 2.47 bits per heavy atom. The third-order valence-corrected chi connectivity index (χ3v) is 4.37. The van der Waals surface area contributed by atoms with Gasteiger partial charge in [-0.15, -0.1) is 0 Å². The fourth-order valence-corrected chi connectivity index (χ4v) is 3.02. The summed E-state index contributed by atoms with van der Waals surface area (Å²) in [6.45, 7) is 9.42. The second kappa shape index (κ2) is 3.48. The van der Waals surface area contributed by atoms with Gasteiger partial charge in [0, 0.05) is 25.6 Å². The number of likely N-dealkylation sites (tertiary alicyclic amines) is 1. The molecule has 15 heavy (non-hydrogen) atoms. The Morgan fingerprint density at radius 2 is 2.00 bits per heavy atom. The van der Waals surface area contributed by atoms with Gasteiger partial charge in [0.25, 0.3) is 0 Å². The van der Waals surface area contributed by atoms with E-state index >= 15 is 0 Å². The maximum Gasteiger partial charge on any atom is 0.226 e. The van der Waals surface area contributed by atoms with E-state index in [1.165, 1.54) is 0 Å². The molecule has 3 nitrogen and oxygen atoms in total. The number of rotatable bonds is 3. The summed E-state index contributed by atoms with van der Waals surface area (Å²) >= 11 is 0. The lowest BCUT2D eigenvalue weighted by Gasteiger charge is -2.25. The van der Waals surface area contributed by atoms with Crippen LogP contribution in [0.1, 0.15) is 20.8 Å². The Balaban J connectivity index is 1.86. The molecule has 3 unspecified atom stereocenters. The minimum absolute atomic E-state index is 0.121. The van der Waals surface area contributed by atoms with Gasteiger partial charge < -0.3 is 10.2 Å². The van der Waals surface area contributed by atoms with E-state index in [0.717, 1.165) is 31.5 Å². The van der Waals surface area contributed by atoms with Gasteiger partial charge in [0.2, 0.25) is 5.91 Å². The Bertz CT molecular complexity index is 261. The number of nitrogens with zero attached hydrogens (tertiary/aromatic N) is 1. The molecule has 0 aromatic heterocycles. The standard InChI is InChI=1S/C12H22N2O/c1-8(5-13-4)11(15)14-6-9-10(7-14)12(9,2)3/h8-10,13H,5-7H2,1-4H3. The van der Waals surface area contributed by atoms with Gasteiger partial charge in [-0.3, -0.25) is 4.79 Å². The molecule has 86 valence electrons. The largest absolute Gasteiger partial charge is 0.342 e. The third-order valence-electron chi connectivity index (χ3n) is 4.37. The van der Waals surface area contributed by atoms with Crippen molar-refractivity contribution in [2.24, 2.45) is 23.2 Å². The quantitative estimate of drug-likeness (QED) is 0.752. The van der Waals surface area contributed by atoms with E-state index in [9.17, 15) is 4.79 Å². The molecule has 2 fully saturated rings. The third kappa shape index (κ3) is 1.67. The number of carbonyl (C=O) groups is 1. The molecule has 0 aromatic carbocycles. The maximum absolute atomic E-state index is 12.0. The van der Waals surface area contributed by atoms with Gasteiger partial charge in [0.05, 0.1) is 0 Å². The van der Waals surface area contributed by atoms with Crippen molar-refractivity contribution in [2.45, 2.75) is 20.8 Å². The number of amides is 1. The van der Waals surface area contributed by atoms with Crippen molar-refractivity contribution in [1.82, 2.24) is 10.2 Å². The minimum Gasteiger partial charge on any atom is -0.342 e. The maximum atomic E-state index is 12.0. The lowest BCUT2D eigenvalue weighted by molar-refractivity contribution is -0.134. The van der Waals surface area contributed by atoms with Crippen LogP contribution in [0.5, 0.6) is 0 Å². The Hall–Kier alpha value is -0.570. The molecule has 0 aromatic rings. The smallest absolute Gasteiger partial charge is 0.226 e. The number of fused-ring (bicyclic) bond motifs is 1. The molecule has 0 bridgehead atoms. The fourth-order valence-electron chi connectivity index (χ4n) is 3.02. The highest BCUT2D eigenvalue weighted by molar-refractivity contribution is 5.79. The normalized spacial score (nSPS) is 33.7. The molecule has 2 rings (SSSR count). The van der Waals surface area contributed by atoms with Gasteiger partial charge >= 0.3 is 0 Å². The van der Waals surface area contributed by atoms with Crippen LogP contribution in [0.15, 0.2) is 0 Å². The first kappa shape index (κ1) is 10.9. The van der Waals surface area contributed by atoms with E-state index in [1.807, 2.05) is 14.0 Å². The van der Waals surface area contributed by atoms with Crippen LogP contribution in [0.4, 0.5) is 0 Å². The van der Waals surface area contributed by atoms with E-state index in [4.69, 9.17) is 0 Å². The lowest BCUT2D eigenvalue weighted by Crippen LogP contribution is -2.39. The van der Waals surface area contributed by atoms with E-state index in [0.29, 0.717) is 11.3 Å². The van der Waals surface area contributed by atoms with Crippen molar-refractivity contribution in [3.05, 3.63) is 0 Å². The average Bonchev–Trinajstić information content (AvgIpc) is 2.60. The Labute approximate surface area is 92.2 Å². The summed E-state index contributed by atoms with van der Waals surface area (Å²) in [4.78, 5) is 14.1. The molecule has 1 saturated carbocycles. The Morgan fingerprint density at radius 1 is 1.47 bits per heavy atom. The molecular weight excluding hydrogens is 188 g/mol. The first-order chi connectivity index (χ1) is 6.98. The van der Waals surface area contributed by atoms with Gasteiger partial charge in [0.1, 0.15) is 0 Å². The van der Waals surface area contributed by atoms with Crippen LogP contribution in [0, 0.1) is 23.2 Å². The van der Waals surface area contributed by atoms with Crippen LogP contribution in [-0.2, 0) is 4.79 Å². The monoisotopic (exact) mass is 210 g/mol. The molecule has 1 amide bonds. The summed E-state index contributed by atoms with van der Waals surface area (Å²) < 4.78 is 0. The van der Waals surface area contributed by atoms with E-state index in [2.05, 4.69) is 24.1 Å². The average molecular weight is 210 g/mol. The van der Waals surface area contributed by atoms with Crippen LogP contribution < -0.4 is 5.32 Å². The summed E-state index contributed by atoms with van der Waals surface area (Å²) in [6, 6.07) is 0. The summed E-state index contributed by atoms with van der Waals surface area (Å²) in [6.07, 6.45) is 0. The zero-order valence-corrected chi connectivity index (χ0v) is 10.2. The second-order valence-electron chi connectivity index (χ2n) is 5.74. The SMILES string of the molecule is CNCC(C)C(=O)N1CC2C(C1)C2(C)C. The molecule has 1 N–H and O–H groups in total. The zero-order chi connectivity index (χ0) is 11.2. The van der Waals surface area contributed by atoms with Crippen molar-refractivity contribution in [3.63, 3.8) is 0 Å². The van der Waals surface area contributed by atoms with Crippen molar-refractivity contribution in [2.75, 3.05) is 26.7 Å². The van der Waals surface area contributed by atoms with Crippen molar-refractivity contribution < 1.29 is 4.79 Å². The lowest BCUT2D eigenvalue weighted by atomic mass is 10.0. The highest BCUT2D eigenvalue weighted by atomic mass is 16.2. The number of nitrogens with one attached hydrogen (secondary N) is 1. The van der Waals surface area contributed by atoms with Gasteiger partial charge in [0.15, 0.2) is 0 Å². The number of hydrogen-bond donors (Lipinski definition) is 1. The van der Waals surface area contributed by atoms with Gasteiger partial charge in [-0.05, 0) is 24.3 Å². The van der Waals surface area contributed by atoms with E-state index < -0.39 is 0 Å². The molecular formula is C12H22N2O. The van der Waals surface area contributed by atoms with Crippen LogP contribution >= 0.6 is 0 Å².